The van der Waals surface area contributed by atoms with Crippen LogP contribution in [-0.4, -0.2) is 35.5 Å². The van der Waals surface area contributed by atoms with Gasteiger partial charge in [0.25, 0.3) is 11.8 Å². The second-order valence-corrected chi connectivity index (χ2v) is 15.1. The summed E-state index contributed by atoms with van der Waals surface area (Å²) in [6.45, 7) is 8.22. The molecular formula is C41H45N3O5S2. The van der Waals surface area contributed by atoms with Crippen LogP contribution < -0.4 is 16.0 Å². The molecule has 8 nitrogen and oxygen atoms in total. The second kappa shape index (κ2) is 18.0. The lowest BCUT2D eigenvalue weighted by Crippen LogP contribution is -2.30. The van der Waals surface area contributed by atoms with Crippen LogP contribution in [0.1, 0.15) is 102 Å². The van der Waals surface area contributed by atoms with Gasteiger partial charge in [0, 0.05) is 21.0 Å². The summed E-state index contributed by atoms with van der Waals surface area (Å²) in [7, 11) is 0. The molecule has 1 aliphatic carbocycles. The predicted octanol–water partition coefficient (Wildman–Crippen LogP) is 9.24. The molecule has 0 fully saturated rings. The number of carbonyl (C=O) groups excluding carboxylic acids is 4. The Labute approximate surface area is 308 Å². The lowest BCUT2D eigenvalue weighted by molar-refractivity contribution is -0.116. The Balaban J connectivity index is 1.32. The van der Waals surface area contributed by atoms with Crippen molar-refractivity contribution in [1.82, 2.24) is 5.32 Å². The number of esters is 1. The number of benzene rings is 3. The molecule has 266 valence electrons. The molecule has 0 saturated heterocycles. The van der Waals surface area contributed by atoms with E-state index in [1.807, 2.05) is 55.5 Å². The molecule has 1 atom stereocenters. The molecule has 3 amide bonds. The van der Waals surface area contributed by atoms with Crippen LogP contribution in [0.2, 0.25) is 0 Å². The van der Waals surface area contributed by atoms with E-state index in [1.54, 1.807) is 43.3 Å². The van der Waals surface area contributed by atoms with Crippen molar-refractivity contribution in [2.45, 2.75) is 82.3 Å². The minimum Gasteiger partial charge on any atom is -0.462 e. The Morgan fingerprint density at radius 2 is 1.63 bits per heavy atom. The first-order valence-electron chi connectivity index (χ1n) is 17.5. The Morgan fingerprint density at radius 1 is 0.882 bits per heavy atom. The Hall–Kier alpha value is -4.67. The molecule has 0 spiro atoms. The number of amides is 3. The summed E-state index contributed by atoms with van der Waals surface area (Å²) >= 11 is 2.87. The van der Waals surface area contributed by atoms with Gasteiger partial charge in [-0.2, -0.15) is 0 Å². The van der Waals surface area contributed by atoms with E-state index in [0.29, 0.717) is 34.2 Å². The van der Waals surface area contributed by atoms with Crippen LogP contribution in [0.4, 0.5) is 10.7 Å². The zero-order chi connectivity index (χ0) is 36.3. The highest BCUT2D eigenvalue weighted by atomic mass is 32.2. The van der Waals surface area contributed by atoms with Crippen molar-refractivity contribution in [1.29, 1.82) is 0 Å². The first-order valence-corrected chi connectivity index (χ1v) is 19.2. The van der Waals surface area contributed by atoms with Crippen LogP contribution in [0.25, 0.3) is 6.08 Å². The van der Waals surface area contributed by atoms with Crippen molar-refractivity contribution >= 4 is 63.6 Å². The number of aryl methyl sites for hydroxylation is 1. The number of ether oxygens (including phenoxy) is 1. The third-order valence-electron chi connectivity index (χ3n) is 8.61. The molecular weight excluding hydrogens is 679 g/mol. The molecule has 3 N–H and O–H groups in total. The zero-order valence-corrected chi connectivity index (χ0v) is 31.2. The molecule has 0 radical (unpaired) electrons. The van der Waals surface area contributed by atoms with Crippen molar-refractivity contribution < 1.29 is 23.9 Å². The molecule has 5 rings (SSSR count). The maximum Gasteiger partial charge on any atom is 0.341 e. The maximum absolute atomic E-state index is 13.7. The van der Waals surface area contributed by atoms with E-state index >= 15 is 0 Å². The number of nitrogens with one attached hydrogen (secondary N) is 3. The average Bonchev–Trinajstić information content (AvgIpc) is 3.30. The van der Waals surface area contributed by atoms with Gasteiger partial charge in [-0.05, 0) is 98.0 Å². The predicted molar refractivity (Wildman–Crippen MR) is 208 cm³/mol. The molecule has 0 aliphatic heterocycles. The first kappa shape index (κ1) is 37.6. The molecule has 3 aromatic carbocycles. The number of thiophene rings is 1. The number of thioether (sulfide) groups is 1. The number of carbonyl (C=O) groups is 4. The van der Waals surface area contributed by atoms with E-state index in [0.717, 1.165) is 53.0 Å². The highest BCUT2D eigenvalue weighted by Crippen LogP contribution is 2.39. The van der Waals surface area contributed by atoms with E-state index in [1.165, 1.54) is 28.7 Å². The minimum atomic E-state index is -0.483. The third-order valence-corrected chi connectivity index (χ3v) is 11.2. The van der Waals surface area contributed by atoms with Crippen LogP contribution in [0.15, 0.2) is 89.5 Å². The van der Waals surface area contributed by atoms with E-state index in [9.17, 15) is 19.2 Å². The van der Waals surface area contributed by atoms with E-state index < -0.39 is 23.0 Å². The SMILES string of the molecule is CCOC(=O)c1c(NC(=O)C(CC)Sc2cccc(NC(=O)/C(=C\c3ccc(C(C)C)cc3)NC(=O)c3ccccc3)c2)sc2c1CCCCC2. The summed E-state index contributed by atoms with van der Waals surface area (Å²) < 4.78 is 5.40. The molecule has 1 unspecified atom stereocenters. The fraction of sp³-hybridized carbons (Fsp3) is 0.317. The van der Waals surface area contributed by atoms with Gasteiger partial charge in [-0.15, -0.1) is 23.1 Å². The Bertz CT molecular complexity index is 1880. The first-order chi connectivity index (χ1) is 24.7. The fourth-order valence-corrected chi connectivity index (χ4v) is 8.15. The van der Waals surface area contributed by atoms with Gasteiger partial charge in [-0.3, -0.25) is 14.4 Å². The summed E-state index contributed by atoms with van der Waals surface area (Å²) in [6, 6.07) is 23.9. The zero-order valence-electron chi connectivity index (χ0n) is 29.5. The van der Waals surface area contributed by atoms with Crippen molar-refractivity contribution in [2.75, 3.05) is 17.2 Å². The lowest BCUT2D eigenvalue weighted by Gasteiger charge is -2.16. The van der Waals surface area contributed by atoms with Gasteiger partial charge in [0.15, 0.2) is 0 Å². The van der Waals surface area contributed by atoms with Crippen molar-refractivity contribution in [2.24, 2.45) is 0 Å². The van der Waals surface area contributed by atoms with Crippen molar-refractivity contribution in [3.05, 3.63) is 117 Å². The minimum absolute atomic E-state index is 0.0942. The van der Waals surface area contributed by atoms with Crippen LogP contribution in [0.5, 0.6) is 0 Å². The molecule has 1 aromatic heterocycles. The van der Waals surface area contributed by atoms with Gasteiger partial charge in [0.1, 0.15) is 10.7 Å². The third kappa shape index (κ3) is 9.98. The van der Waals surface area contributed by atoms with Gasteiger partial charge in [0.2, 0.25) is 5.91 Å². The Kier molecular flexibility index (Phi) is 13.3. The quantitative estimate of drug-likeness (QED) is 0.0549. The number of anilines is 2. The van der Waals surface area contributed by atoms with Gasteiger partial charge in [-0.25, -0.2) is 4.79 Å². The number of hydrogen-bond donors (Lipinski definition) is 3. The number of fused-ring (bicyclic) bond motifs is 1. The summed E-state index contributed by atoms with van der Waals surface area (Å²) in [5.74, 6) is -1.11. The Morgan fingerprint density at radius 3 is 2.33 bits per heavy atom. The largest absolute Gasteiger partial charge is 0.462 e. The molecule has 0 saturated carbocycles. The van der Waals surface area contributed by atoms with Gasteiger partial charge in [-0.1, -0.05) is 75.7 Å². The summed E-state index contributed by atoms with van der Waals surface area (Å²) in [5.41, 5.74) is 4.49. The number of rotatable bonds is 13. The second-order valence-electron chi connectivity index (χ2n) is 12.7. The van der Waals surface area contributed by atoms with E-state index in [4.69, 9.17) is 4.74 Å². The topological polar surface area (TPSA) is 114 Å². The highest BCUT2D eigenvalue weighted by molar-refractivity contribution is 8.00. The maximum atomic E-state index is 13.7. The molecule has 0 bridgehead atoms. The normalized spacial score (nSPS) is 13.5. The van der Waals surface area contributed by atoms with Crippen LogP contribution in [-0.2, 0) is 27.2 Å². The lowest BCUT2D eigenvalue weighted by atomic mass is 10.0. The van der Waals surface area contributed by atoms with E-state index in [2.05, 4.69) is 29.8 Å². The average molecular weight is 724 g/mol. The molecule has 4 aromatic rings. The molecule has 1 heterocycles. The monoisotopic (exact) mass is 723 g/mol. The summed E-state index contributed by atoms with van der Waals surface area (Å²) in [6.07, 6.45) is 7.08. The van der Waals surface area contributed by atoms with Gasteiger partial charge >= 0.3 is 5.97 Å². The summed E-state index contributed by atoms with van der Waals surface area (Å²) in [5, 5.41) is 8.89. The highest BCUT2D eigenvalue weighted by Gasteiger charge is 2.28. The fourth-order valence-electron chi connectivity index (χ4n) is 5.86. The number of hydrogen-bond acceptors (Lipinski definition) is 7. The summed E-state index contributed by atoms with van der Waals surface area (Å²) in [4.78, 5) is 55.4. The van der Waals surface area contributed by atoms with Gasteiger partial charge in [0.05, 0.1) is 17.4 Å². The smallest absolute Gasteiger partial charge is 0.341 e. The molecule has 10 heteroatoms. The molecule has 51 heavy (non-hydrogen) atoms. The standard InChI is InChI=1S/C41H45N3O5S2/c1-5-34(39(47)44-40-36(41(48)49-6-2)32-18-11-8-12-19-35(32)51-40)50-31-17-13-16-30(25-31)42-38(46)33(43-37(45)29-14-9-7-10-15-29)24-27-20-22-28(23-21-27)26(3)4/h7,9-10,13-17,20-26,34H,5-6,8,11-12,18-19H2,1-4H3,(H,42,46)(H,43,45)(H,44,47)/b33-24+. The van der Waals surface area contributed by atoms with Crippen molar-refractivity contribution in [3.8, 4) is 0 Å². The van der Waals surface area contributed by atoms with Gasteiger partial charge < -0.3 is 20.7 Å². The van der Waals surface area contributed by atoms with Crippen LogP contribution in [0, 0.1) is 0 Å². The van der Waals surface area contributed by atoms with E-state index in [-0.39, 0.29) is 18.2 Å². The van der Waals surface area contributed by atoms with Crippen LogP contribution >= 0.6 is 23.1 Å². The van der Waals surface area contributed by atoms with Crippen LogP contribution in [0.3, 0.4) is 0 Å². The van der Waals surface area contributed by atoms with Crippen molar-refractivity contribution in [3.63, 3.8) is 0 Å². The molecule has 1 aliphatic rings.